The fourth-order valence-corrected chi connectivity index (χ4v) is 2.63. The Bertz CT molecular complexity index is 358. The van der Waals surface area contributed by atoms with Gasteiger partial charge in [0.2, 0.25) is 5.89 Å². The van der Waals surface area contributed by atoms with Crippen LogP contribution in [0.5, 0.6) is 0 Å². The SMILES string of the molecule is CSCCc1nc(C2(N)CCC(C)CC2)no1. The first-order chi connectivity index (χ1) is 8.14. The van der Waals surface area contributed by atoms with E-state index in [-0.39, 0.29) is 5.54 Å². The maximum Gasteiger partial charge on any atom is 0.227 e. The van der Waals surface area contributed by atoms with Gasteiger partial charge in [-0.15, -0.1) is 0 Å². The van der Waals surface area contributed by atoms with E-state index in [9.17, 15) is 0 Å². The molecule has 5 heteroatoms. The largest absolute Gasteiger partial charge is 0.339 e. The number of hydrogen-bond acceptors (Lipinski definition) is 5. The van der Waals surface area contributed by atoms with Gasteiger partial charge in [-0.25, -0.2) is 0 Å². The van der Waals surface area contributed by atoms with Crippen LogP contribution in [0, 0.1) is 5.92 Å². The van der Waals surface area contributed by atoms with Crippen LogP contribution in [0.2, 0.25) is 0 Å². The third kappa shape index (κ3) is 3.01. The third-order valence-electron chi connectivity index (χ3n) is 3.60. The molecule has 1 aromatic heterocycles. The van der Waals surface area contributed by atoms with E-state index in [4.69, 9.17) is 10.3 Å². The lowest BCUT2D eigenvalue weighted by atomic mass is 9.77. The second-order valence-corrected chi connectivity index (χ2v) is 6.08. The van der Waals surface area contributed by atoms with Crippen LogP contribution in [0.15, 0.2) is 4.52 Å². The Hall–Kier alpha value is -0.550. The summed E-state index contributed by atoms with van der Waals surface area (Å²) >= 11 is 1.78. The Labute approximate surface area is 107 Å². The Morgan fingerprint density at radius 1 is 1.47 bits per heavy atom. The summed E-state index contributed by atoms with van der Waals surface area (Å²) in [6.07, 6.45) is 7.16. The van der Waals surface area contributed by atoms with E-state index in [1.807, 2.05) is 0 Å². The quantitative estimate of drug-likeness (QED) is 0.894. The molecular weight excluding hydrogens is 234 g/mol. The summed E-state index contributed by atoms with van der Waals surface area (Å²) in [6.45, 7) is 2.28. The summed E-state index contributed by atoms with van der Waals surface area (Å²) in [5, 5.41) is 4.07. The van der Waals surface area contributed by atoms with Gasteiger partial charge in [0.25, 0.3) is 0 Å². The Morgan fingerprint density at radius 2 is 2.18 bits per heavy atom. The van der Waals surface area contributed by atoms with E-state index in [1.165, 1.54) is 0 Å². The first kappa shape index (κ1) is 12.9. The molecule has 1 aliphatic rings. The molecule has 0 aromatic carbocycles. The van der Waals surface area contributed by atoms with Gasteiger partial charge in [0.1, 0.15) is 0 Å². The third-order valence-corrected chi connectivity index (χ3v) is 4.21. The zero-order valence-electron chi connectivity index (χ0n) is 10.6. The monoisotopic (exact) mass is 255 g/mol. The van der Waals surface area contributed by atoms with Crippen LogP contribution in [0.4, 0.5) is 0 Å². The second kappa shape index (κ2) is 5.40. The van der Waals surface area contributed by atoms with Gasteiger partial charge in [-0.2, -0.15) is 16.7 Å². The molecule has 1 aromatic rings. The Kier molecular flexibility index (Phi) is 4.09. The molecule has 0 atom stereocenters. The van der Waals surface area contributed by atoms with E-state index in [0.717, 1.165) is 49.7 Å². The van der Waals surface area contributed by atoms with Gasteiger partial charge in [0.05, 0.1) is 5.54 Å². The Balaban J connectivity index is 2.03. The maximum absolute atomic E-state index is 6.39. The van der Waals surface area contributed by atoms with Gasteiger partial charge in [-0.05, 0) is 37.9 Å². The zero-order valence-corrected chi connectivity index (χ0v) is 11.4. The van der Waals surface area contributed by atoms with E-state index in [0.29, 0.717) is 5.82 Å². The average Bonchev–Trinajstić information content (AvgIpc) is 2.80. The lowest BCUT2D eigenvalue weighted by molar-refractivity contribution is 0.230. The van der Waals surface area contributed by atoms with Gasteiger partial charge >= 0.3 is 0 Å². The molecule has 4 nitrogen and oxygen atoms in total. The molecule has 0 bridgehead atoms. The minimum atomic E-state index is -0.354. The molecule has 17 heavy (non-hydrogen) atoms. The van der Waals surface area contributed by atoms with Gasteiger partial charge in [-0.3, -0.25) is 0 Å². The second-order valence-electron chi connectivity index (χ2n) is 5.09. The van der Waals surface area contributed by atoms with Gasteiger partial charge < -0.3 is 10.3 Å². The number of aryl methyl sites for hydroxylation is 1. The highest BCUT2D eigenvalue weighted by atomic mass is 32.2. The van der Waals surface area contributed by atoms with Crippen molar-refractivity contribution < 1.29 is 4.52 Å². The molecule has 1 heterocycles. The minimum Gasteiger partial charge on any atom is -0.339 e. The van der Waals surface area contributed by atoms with Crippen LogP contribution in [-0.4, -0.2) is 22.1 Å². The number of rotatable bonds is 4. The summed E-state index contributed by atoms with van der Waals surface area (Å²) in [5.74, 6) is 3.21. The molecule has 0 unspecified atom stereocenters. The molecular formula is C12H21N3OS. The first-order valence-electron chi connectivity index (χ1n) is 6.25. The topological polar surface area (TPSA) is 64.9 Å². The number of aromatic nitrogens is 2. The van der Waals surface area contributed by atoms with Crippen LogP contribution < -0.4 is 5.73 Å². The number of thioether (sulfide) groups is 1. The van der Waals surface area contributed by atoms with Gasteiger partial charge in [0, 0.05) is 12.2 Å². The highest BCUT2D eigenvalue weighted by Crippen LogP contribution is 2.35. The van der Waals surface area contributed by atoms with Gasteiger partial charge in [0.15, 0.2) is 5.82 Å². The van der Waals surface area contributed by atoms with Crippen molar-refractivity contribution in [3.63, 3.8) is 0 Å². The molecule has 2 rings (SSSR count). The van der Waals surface area contributed by atoms with Crippen LogP contribution in [0.3, 0.4) is 0 Å². The van der Waals surface area contributed by atoms with Crippen LogP contribution in [-0.2, 0) is 12.0 Å². The van der Waals surface area contributed by atoms with Gasteiger partial charge in [-0.1, -0.05) is 12.1 Å². The number of hydrogen-bond donors (Lipinski definition) is 1. The lowest BCUT2D eigenvalue weighted by Crippen LogP contribution is -2.41. The lowest BCUT2D eigenvalue weighted by Gasteiger charge is -2.33. The van der Waals surface area contributed by atoms with Crippen LogP contribution in [0.25, 0.3) is 0 Å². The maximum atomic E-state index is 6.39. The van der Waals surface area contributed by atoms with Crippen molar-refractivity contribution in [3.05, 3.63) is 11.7 Å². The highest BCUT2D eigenvalue weighted by Gasteiger charge is 2.36. The highest BCUT2D eigenvalue weighted by molar-refractivity contribution is 7.98. The smallest absolute Gasteiger partial charge is 0.227 e. The van der Waals surface area contributed by atoms with Crippen molar-refractivity contribution in [3.8, 4) is 0 Å². The molecule has 0 spiro atoms. The van der Waals surface area contributed by atoms with Crippen LogP contribution in [0.1, 0.15) is 44.3 Å². The van der Waals surface area contributed by atoms with E-state index >= 15 is 0 Å². The molecule has 0 amide bonds. The zero-order chi connectivity index (χ0) is 12.3. The van der Waals surface area contributed by atoms with Crippen molar-refractivity contribution in [2.45, 2.75) is 44.6 Å². The van der Waals surface area contributed by atoms with Crippen molar-refractivity contribution >= 4 is 11.8 Å². The fourth-order valence-electron chi connectivity index (χ4n) is 2.25. The molecule has 96 valence electrons. The molecule has 0 radical (unpaired) electrons. The molecule has 0 aliphatic heterocycles. The summed E-state index contributed by atoms with van der Waals surface area (Å²) in [6, 6.07) is 0. The molecule has 1 aliphatic carbocycles. The molecule has 1 saturated carbocycles. The fraction of sp³-hybridized carbons (Fsp3) is 0.833. The minimum absolute atomic E-state index is 0.354. The first-order valence-corrected chi connectivity index (χ1v) is 7.64. The summed E-state index contributed by atoms with van der Waals surface area (Å²) < 4.78 is 5.26. The van der Waals surface area contributed by atoms with Crippen molar-refractivity contribution in [2.24, 2.45) is 11.7 Å². The van der Waals surface area contributed by atoms with Crippen LogP contribution >= 0.6 is 11.8 Å². The predicted octanol–water partition coefficient (Wildman–Crippen LogP) is 2.34. The normalized spacial score (nSPS) is 29.5. The van der Waals surface area contributed by atoms with E-state index in [1.54, 1.807) is 11.8 Å². The Morgan fingerprint density at radius 3 is 2.82 bits per heavy atom. The summed E-state index contributed by atoms with van der Waals surface area (Å²) in [7, 11) is 0. The van der Waals surface area contributed by atoms with Crippen molar-refractivity contribution in [1.29, 1.82) is 0 Å². The predicted molar refractivity (Wildman–Crippen MR) is 69.9 cm³/mol. The average molecular weight is 255 g/mol. The van der Waals surface area contributed by atoms with Crippen molar-refractivity contribution in [2.75, 3.05) is 12.0 Å². The van der Waals surface area contributed by atoms with E-state index < -0.39 is 0 Å². The molecule has 1 fully saturated rings. The van der Waals surface area contributed by atoms with Crippen molar-refractivity contribution in [1.82, 2.24) is 10.1 Å². The standard InChI is InChI=1S/C12H21N3OS/c1-9-3-6-12(13,7-4-9)11-14-10(16-15-11)5-8-17-2/h9H,3-8,13H2,1-2H3. The summed E-state index contributed by atoms with van der Waals surface area (Å²) in [5.41, 5.74) is 6.04. The summed E-state index contributed by atoms with van der Waals surface area (Å²) in [4.78, 5) is 4.45. The molecule has 0 saturated heterocycles. The van der Waals surface area contributed by atoms with E-state index in [2.05, 4.69) is 23.3 Å². The number of nitrogens with zero attached hydrogens (tertiary/aromatic N) is 2. The molecule has 2 N–H and O–H groups in total. The number of nitrogens with two attached hydrogens (primary N) is 1.